The monoisotopic (exact) mass is 314 g/mol. The van der Waals surface area contributed by atoms with E-state index < -0.39 is 13.8 Å². The van der Waals surface area contributed by atoms with E-state index in [1.54, 1.807) is 37.3 Å². The van der Waals surface area contributed by atoms with Crippen molar-refractivity contribution >= 4 is 13.8 Å². The molecule has 0 aliphatic rings. The molecule has 1 atom stereocenters. The highest BCUT2D eigenvalue weighted by Crippen LogP contribution is 2.49. The van der Waals surface area contributed by atoms with Gasteiger partial charge in [-0.2, -0.15) is 0 Å². The maximum Gasteiger partial charge on any atom is 0.530 e. The lowest BCUT2D eigenvalue weighted by molar-refractivity contribution is -0.139. The first kappa shape index (κ1) is 17.4. The maximum absolute atomic E-state index is 12.3. The number of ether oxygens (including phenoxy) is 1. The Kier molecular flexibility index (Phi) is 7.15. The Hall–Kier alpha value is -1.62. The van der Waals surface area contributed by atoms with Crippen LogP contribution >= 0.6 is 7.82 Å². The fourth-order valence-electron chi connectivity index (χ4n) is 1.27. The highest BCUT2D eigenvalue weighted by Gasteiger charge is 2.28. The van der Waals surface area contributed by atoms with E-state index in [-0.39, 0.29) is 25.4 Å². The van der Waals surface area contributed by atoms with Crippen molar-refractivity contribution in [3.63, 3.8) is 0 Å². The molecule has 0 aromatic heterocycles. The number of carbonyl (C=O) groups excluding carboxylic acids is 1. The molecule has 0 spiro atoms. The predicted molar refractivity (Wildman–Crippen MR) is 78.0 cm³/mol. The number of benzene rings is 1. The van der Waals surface area contributed by atoms with Crippen LogP contribution in [-0.4, -0.2) is 25.8 Å². The fourth-order valence-corrected chi connectivity index (χ4v) is 2.44. The molecule has 0 radical (unpaired) electrons. The van der Waals surface area contributed by atoms with Gasteiger partial charge in [-0.1, -0.05) is 24.8 Å². The molecule has 1 aromatic rings. The smallest absolute Gasteiger partial charge is 0.460 e. The molecule has 6 nitrogen and oxygen atoms in total. The Balaban J connectivity index is 2.50. The second-order valence-corrected chi connectivity index (χ2v) is 5.61. The summed E-state index contributed by atoms with van der Waals surface area (Å²) < 4.78 is 32.6. The van der Waals surface area contributed by atoms with E-state index in [4.69, 9.17) is 18.3 Å². The van der Waals surface area contributed by atoms with E-state index in [0.29, 0.717) is 5.75 Å². The van der Waals surface area contributed by atoms with Gasteiger partial charge in [0.05, 0.1) is 13.2 Å². The Bertz CT molecular complexity index is 513. The normalized spacial score (nSPS) is 13.2. The third kappa shape index (κ3) is 6.58. The Morgan fingerprint density at radius 3 is 2.43 bits per heavy atom. The first-order valence-electron chi connectivity index (χ1n) is 6.43. The third-order valence-electron chi connectivity index (χ3n) is 2.16. The molecule has 0 aliphatic heterocycles. The number of hydrogen-bond acceptors (Lipinski definition) is 6. The quantitative estimate of drug-likeness (QED) is 0.301. The van der Waals surface area contributed by atoms with E-state index in [0.717, 1.165) is 0 Å². The average molecular weight is 314 g/mol. The lowest BCUT2D eigenvalue weighted by Gasteiger charge is -2.17. The van der Waals surface area contributed by atoms with Gasteiger partial charge < -0.3 is 9.26 Å². The molecule has 0 bridgehead atoms. The summed E-state index contributed by atoms with van der Waals surface area (Å²) in [5.74, 6) is -0.165. The van der Waals surface area contributed by atoms with Crippen LogP contribution in [0.25, 0.3) is 0 Å². The van der Waals surface area contributed by atoms with Gasteiger partial charge in [-0.05, 0) is 26.0 Å². The maximum atomic E-state index is 12.3. The highest BCUT2D eigenvalue weighted by molar-refractivity contribution is 7.48. The van der Waals surface area contributed by atoms with Crippen LogP contribution in [0.4, 0.5) is 0 Å². The van der Waals surface area contributed by atoms with Crippen LogP contribution in [0.2, 0.25) is 0 Å². The number of phosphoric ester groups is 1. The van der Waals surface area contributed by atoms with E-state index in [9.17, 15) is 9.36 Å². The van der Waals surface area contributed by atoms with Crippen LogP contribution < -0.4 is 4.52 Å². The van der Waals surface area contributed by atoms with Crippen molar-refractivity contribution in [1.29, 1.82) is 0 Å². The topological polar surface area (TPSA) is 71.1 Å². The van der Waals surface area contributed by atoms with Crippen molar-refractivity contribution in [3.05, 3.63) is 42.5 Å². The molecule has 0 saturated heterocycles. The summed E-state index contributed by atoms with van der Waals surface area (Å²) in [4.78, 5) is 11.2. The van der Waals surface area contributed by atoms with Gasteiger partial charge in [0.1, 0.15) is 12.4 Å². The SMILES string of the molecule is C=C(C)C(=O)OCCOP(=O)(OCC)Oc1ccccc1. The molecule has 7 heteroatoms. The van der Waals surface area contributed by atoms with Gasteiger partial charge in [0, 0.05) is 5.57 Å². The summed E-state index contributed by atoms with van der Waals surface area (Å²) >= 11 is 0. The molecule has 1 aromatic carbocycles. The van der Waals surface area contributed by atoms with E-state index in [1.165, 1.54) is 6.92 Å². The number of para-hydroxylation sites is 1. The number of rotatable bonds is 9. The lowest BCUT2D eigenvalue weighted by Crippen LogP contribution is -2.12. The minimum atomic E-state index is -3.74. The largest absolute Gasteiger partial charge is 0.530 e. The Labute approximate surface area is 124 Å². The van der Waals surface area contributed by atoms with Gasteiger partial charge in [0.2, 0.25) is 0 Å². The van der Waals surface area contributed by atoms with Crippen LogP contribution in [0.5, 0.6) is 5.75 Å². The molecule has 0 saturated carbocycles. The second kappa shape index (κ2) is 8.62. The number of phosphoric acid groups is 1. The van der Waals surface area contributed by atoms with Gasteiger partial charge in [0.25, 0.3) is 0 Å². The zero-order valence-corrected chi connectivity index (χ0v) is 13.0. The molecule has 1 unspecified atom stereocenters. The van der Waals surface area contributed by atoms with Gasteiger partial charge in [-0.15, -0.1) is 0 Å². The summed E-state index contributed by atoms with van der Waals surface area (Å²) in [6.07, 6.45) is 0. The van der Waals surface area contributed by atoms with Gasteiger partial charge in [-0.3, -0.25) is 9.05 Å². The summed E-state index contributed by atoms with van der Waals surface area (Å²) in [5.41, 5.74) is 0.281. The molecule has 0 amide bonds. The summed E-state index contributed by atoms with van der Waals surface area (Å²) in [5, 5.41) is 0. The Morgan fingerprint density at radius 2 is 1.86 bits per heavy atom. The van der Waals surface area contributed by atoms with E-state index >= 15 is 0 Å². The summed E-state index contributed by atoms with van der Waals surface area (Å²) in [7, 11) is -3.74. The number of carbonyl (C=O) groups is 1. The zero-order valence-electron chi connectivity index (χ0n) is 12.1. The van der Waals surface area contributed by atoms with Gasteiger partial charge in [-0.25, -0.2) is 9.36 Å². The predicted octanol–water partition coefficient (Wildman–Crippen LogP) is 3.35. The molecule has 1 rings (SSSR count). The first-order chi connectivity index (χ1) is 9.97. The van der Waals surface area contributed by atoms with Gasteiger partial charge >= 0.3 is 13.8 Å². The van der Waals surface area contributed by atoms with Crippen LogP contribution in [0.1, 0.15) is 13.8 Å². The minimum Gasteiger partial charge on any atom is -0.460 e. The summed E-state index contributed by atoms with van der Waals surface area (Å²) in [6, 6.07) is 8.54. The zero-order chi connectivity index (χ0) is 15.7. The van der Waals surface area contributed by atoms with Gasteiger partial charge in [0.15, 0.2) is 0 Å². The highest BCUT2D eigenvalue weighted by atomic mass is 31.2. The molecule has 21 heavy (non-hydrogen) atoms. The van der Waals surface area contributed by atoms with E-state index in [2.05, 4.69) is 6.58 Å². The third-order valence-corrected chi connectivity index (χ3v) is 3.67. The van der Waals surface area contributed by atoms with Crippen LogP contribution in [0.3, 0.4) is 0 Å². The molecule has 0 fully saturated rings. The molecule has 0 heterocycles. The molecule has 116 valence electrons. The molecule has 0 aliphatic carbocycles. The molecule has 0 N–H and O–H groups in total. The fraction of sp³-hybridized carbons (Fsp3) is 0.357. The van der Waals surface area contributed by atoms with Crippen molar-refractivity contribution in [2.45, 2.75) is 13.8 Å². The van der Waals surface area contributed by atoms with Crippen molar-refractivity contribution in [2.24, 2.45) is 0 Å². The average Bonchev–Trinajstić information content (AvgIpc) is 2.44. The van der Waals surface area contributed by atoms with Crippen molar-refractivity contribution in [3.8, 4) is 5.75 Å². The lowest BCUT2D eigenvalue weighted by atomic mass is 10.3. The molecular formula is C14H19O6P. The van der Waals surface area contributed by atoms with Crippen LogP contribution in [0.15, 0.2) is 42.5 Å². The van der Waals surface area contributed by atoms with Crippen molar-refractivity contribution < 1.29 is 27.7 Å². The van der Waals surface area contributed by atoms with E-state index in [1.807, 2.05) is 0 Å². The van der Waals surface area contributed by atoms with Crippen LogP contribution in [0, 0.1) is 0 Å². The minimum absolute atomic E-state index is 0.0685. The summed E-state index contributed by atoms with van der Waals surface area (Å²) in [6.45, 7) is 6.64. The number of hydrogen-bond donors (Lipinski definition) is 0. The van der Waals surface area contributed by atoms with Crippen molar-refractivity contribution in [1.82, 2.24) is 0 Å². The number of esters is 1. The Morgan fingerprint density at radius 1 is 1.19 bits per heavy atom. The molecular weight excluding hydrogens is 295 g/mol. The van der Waals surface area contributed by atoms with Crippen LogP contribution in [-0.2, 0) is 23.1 Å². The standard InChI is InChI=1S/C14H19O6P/c1-4-18-21(16,20-13-8-6-5-7-9-13)19-11-10-17-14(15)12(2)3/h5-9H,2,4,10-11H2,1,3H3. The first-order valence-corrected chi connectivity index (χ1v) is 7.89. The van der Waals surface area contributed by atoms with Crippen molar-refractivity contribution in [2.75, 3.05) is 19.8 Å². The second-order valence-electron chi connectivity index (χ2n) is 4.02.